The molecule has 4 amide bonds. The van der Waals surface area contributed by atoms with Crippen molar-refractivity contribution in [1.29, 1.82) is 0 Å². The lowest BCUT2D eigenvalue weighted by Crippen LogP contribution is -2.66. The first-order valence-electron chi connectivity index (χ1n) is 17.9. The van der Waals surface area contributed by atoms with Gasteiger partial charge in [-0.3, -0.25) is 0 Å². The van der Waals surface area contributed by atoms with E-state index in [-0.39, 0.29) is 19.4 Å². The van der Waals surface area contributed by atoms with Gasteiger partial charge in [-0.15, -0.1) is 0 Å². The highest BCUT2D eigenvalue weighted by Gasteiger charge is 2.56. The van der Waals surface area contributed by atoms with Crippen LogP contribution in [0.4, 0.5) is 19.2 Å². The Morgan fingerprint density at radius 2 is 1.02 bits per heavy atom. The highest BCUT2D eigenvalue weighted by Crippen LogP contribution is 2.46. The fourth-order valence-corrected chi connectivity index (χ4v) is 6.25. The van der Waals surface area contributed by atoms with E-state index in [0.717, 1.165) is 0 Å². The van der Waals surface area contributed by atoms with E-state index >= 15 is 0 Å². The summed E-state index contributed by atoms with van der Waals surface area (Å²) in [5.41, 5.74) is -3.33. The zero-order valence-corrected chi connectivity index (χ0v) is 32.6. The molecule has 2 saturated carbocycles. The average Bonchev–Trinajstić information content (AvgIpc) is 3.62. The van der Waals surface area contributed by atoms with Gasteiger partial charge in [0, 0.05) is 24.9 Å². The summed E-state index contributed by atoms with van der Waals surface area (Å²) >= 11 is 0. The molecule has 3 rings (SSSR count). The van der Waals surface area contributed by atoms with Crippen LogP contribution in [0, 0.1) is 11.8 Å². The summed E-state index contributed by atoms with van der Waals surface area (Å²) in [6.45, 7) is 20.2. The third-order valence-electron chi connectivity index (χ3n) is 8.21. The minimum absolute atomic E-state index is 0.0250. The van der Waals surface area contributed by atoms with Crippen LogP contribution >= 0.6 is 0 Å². The molecule has 11 atom stereocenters. The van der Waals surface area contributed by atoms with E-state index in [1.165, 1.54) is 0 Å². The minimum Gasteiger partial charge on any atom is -0.444 e. The van der Waals surface area contributed by atoms with Crippen LogP contribution in [0.2, 0.25) is 0 Å². The SMILES string of the molecule is CC(C)(C)OC(=O)NCC1OC(OC2C(NC(=O)OC(C)(C)C)CC(NC(=O)OC(C)(C)C)C(C3CC3O)C2O)C(NC(=O)OC(C)(C)C)CC1O. The number of hydrogen-bond donors (Lipinski definition) is 7. The molecule has 11 unspecified atom stereocenters. The number of nitrogens with one attached hydrogen (secondary N) is 4. The second-order valence-corrected chi connectivity index (χ2v) is 17.9. The summed E-state index contributed by atoms with van der Waals surface area (Å²) in [5, 5.41) is 44.4. The fraction of sp³-hybridized carbons (Fsp3) is 0.886. The molecule has 52 heavy (non-hydrogen) atoms. The van der Waals surface area contributed by atoms with Gasteiger partial charge in [0.05, 0.1) is 30.4 Å². The topological polar surface area (TPSA) is 232 Å². The van der Waals surface area contributed by atoms with Gasteiger partial charge in [0.25, 0.3) is 0 Å². The number of rotatable bonds is 8. The fourth-order valence-electron chi connectivity index (χ4n) is 6.25. The molecule has 17 nitrogen and oxygen atoms in total. The number of ether oxygens (including phenoxy) is 6. The molecule has 2 aliphatic carbocycles. The Hall–Kier alpha value is -3.12. The zero-order valence-electron chi connectivity index (χ0n) is 32.6. The average molecular weight is 747 g/mol. The molecular formula is C35H62N4O13. The molecule has 3 fully saturated rings. The van der Waals surface area contributed by atoms with Gasteiger partial charge in [-0.25, -0.2) is 19.2 Å². The van der Waals surface area contributed by atoms with E-state index < -0.39 is 114 Å². The van der Waals surface area contributed by atoms with Crippen LogP contribution < -0.4 is 21.3 Å². The van der Waals surface area contributed by atoms with Crippen molar-refractivity contribution in [3.8, 4) is 0 Å². The lowest BCUT2D eigenvalue weighted by Gasteiger charge is -2.48. The molecule has 1 saturated heterocycles. The molecular weight excluding hydrogens is 684 g/mol. The highest BCUT2D eigenvalue weighted by molar-refractivity contribution is 5.70. The molecule has 3 aliphatic rings. The maximum atomic E-state index is 13.1. The van der Waals surface area contributed by atoms with E-state index in [0.29, 0.717) is 6.42 Å². The minimum atomic E-state index is -1.41. The van der Waals surface area contributed by atoms with Crippen molar-refractivity contribution in [3.05, 3.63) is 0 Å². The normalized spacial score (nSPS) is 32.5. The molecule has 0 aromatic heterocycles. The van der Waals surface area contributed by atoms with Gasteiger partial charge in [-0.1, -0.05) is 0 Å². The molecule has 17 heteroatoms. The smallest absolute Gasteiger partial charge is 0.408 e. The van der Waals surface area contributed by atoms with Gasteiger partial charge in [0.1, 0.15) is 34.6 Å². The molecule has 0 bridgehead atoms. The van der Waals surface area contributed by atoms with Gasteiger partial charge in [0.15, 0.2) is 6.29 Å². The first kappa shape index (κ1) is 43.3. The Morgan fingerprint density at radius 3 is 1.46 bits per heavy atom. The maximum Gasteiger partial charge on any atom is 0.408 e. The van der Waals surface area contributed by atoms with Gasteiger partial charge in [-0.2, -0.15) is 0 Å². The van der Waals surface area contributed by atoms with Crippen molar-refractivity contribution in [2.24, 2.45) is 11.8 Å². The van der Waals surface area contributed by atoms with Crippen LogP contribution in [0.3, 0.4) is 0 Å². The summed E-state index contributed by atoms with van der Waals surface area (Å²) in [6.07, 6.45) is -9.85. The summed E-state index contributed by atoms with van der Waals surface area (Å²) in [6, 6.07) is -2.81. The van der Waals surface area contributed by atoms with Crippen LogP contribution in [0.25, 0.3) is 0 Å². The third-order valence-corrected chi connectivity index (χ3v) is 8.21. The quantitative estimate of drug-likeness (QED) is 0.177. The number of carbonyl (C=O) groups is 4. The number of hydrogen-bond acceptors (Lipinski definition) is 13. The van der Waals surface area contributed by atoms with Crippen LogP contribution in [-0.4, -0.2) is 124 Å². The summed E-state index contributed by atoms with van der Waals surface area (Å²) in [4.78, 5) is 51.5. The predicted octanol–water partition coefficient (Wildman–Crippen LogP) is 2.81. The van der Waals surface area contributed by atoms with Crippen LogP contribution in [-0.2, 0) is 28.4 Å². The first-order chi connectivity index (χ1) is 23.6. The highest BCUT2D eigenvalue weighted by atomic mass is 16.7. The second-order valence-electron chi connectivity index (χ2n) is 17.9. The largest absolute Gasteiger partial charge is 0.444 e. The van der Waals surface area contributed by atoms with E-state index in [9.17, 15) is 34.5 Å². The number of aliphatic hydroxyl groups excluding tert-OH is 3. The zero-order chi connectivity index (χ0) is 39.6. The number of amides is 4. The standard InChI is InChI=1S/C35H62N4O13/c1-32(2,3)49-28(43)36-16-23-22(41)15-20(39-31(46)52-35(10,11)12)27(47-23)48-26-19(38-30(45)51-34(7,8)9)14-18(37-29(44)50-33(4,5)6)24(25(26)42)17-13-21(17)40/h17-27,40-42H,13-16H2,1-12H3,(H,36,43)(H,37,44)(H,38,45)(H,39,46). The van der Waals surface area contributed by atoms with Crippen molar-refractivity contribution < 1.29 is 62.9 Å². The van der Waals surface area contributed by atoms with Crippen molar-refractivity contribution in [1.82, 2.24) is 21.3 Å². The molecule has 1 heterocycles. The van der Waals surface area contributed by atoms with Crippen molar-refractivity contribution in [3.63, 3.8) is 0 Å². The lowest BCUT2D eigenvalue weighted by atomic mass is 9.74. The Balaban J connectivity index is 1.96. The third kappa shape index (κ3) is 14.0. The van der Waals surface area contributed by atoms with Crippen LogP contribution in [0.15, 0.2) is 0 Å². The van der Waals surface area contributed by atoms with Crippen molar-refractivity contribution >= 4 is 24.4 Å². The molecule has 7 N–H and O–H groups in total. The molecule has 1 aliphatic heterocycles. The number of carbonyl (C=O) groups excluding carboxylic acids is 4. The monoisotopic (exact) mass is 746 g/mol. The van der Waals surface area contributed by atoms with Crippen LogP contribution in [0.5, 0.6) is 0 Å². The number of aliphatic hydroxyl groups is 3. The van der Waals surface area contributed by atoms with Crippen molar-refractivity contribution in [2.75, 3.05) is 6.54 Å². The van der Waals surface area contributed by atoms with Gasteiger partial charge in [-0.05, 0) is 102 Å². The predicted molar refractivity (Wildman–Crippen MR) is 186 cm³/mol. The Bertz CT molecular complexity index is 1260. The number of alkyl carbamates (subject to hydrolysis) is 4. The summed E-state index contributed by atoms with van der Waals surface area (Å²) in [5.74, 6) is -1.17. The lowest BCUT2D eigenvalue weighted by molar-refractivity contribution is -0.271. The molecule has 0 aromatic carbocycles. The Kier molecular flexibility index (Phi) is 13.7. The van der Waals surface area contributed by atoms with Gasteiger partial charge in [0.2, 0.25) is 0 Å². The summed E-state index contributed by atoms with van der Waals surface area (Å²) < 4.78 is 34.4. The maximum absolute atomic E-state index is 13.1. The Labute approximate surface area is 306 Å². The molecule has 300 valence electrons. The van der Waals surface area contributed by atoms with E-state index in [1.807, 2.05) is 0 Å². The molecule has 0 spiro atoms. The van der Waals surface area contributed by atoms with Crippen LogP contribution in [0.1, 0.15) is 102 Å². The Morgan fingerprint density at radius 1 is 0.596 bits per heavy atom. The van der Waals surface area contributed by atoms with E-state index in [4.69, 9.17) is 28.4 Å². The van der Waals surface area contributed by atoms with Gasteiger partial charge >= 0.3 is 24.4 Å². The molecule has 0 radical (unpaired) electrons. The van der Waals surface area contributed by atoms with E-state index in [1.54, 1.807) is 83.1 Å². The second kappa shape index (κ2) is 16.5. The van der Waals surface area contributed by atoms with E-state index in [2.05, 4.69) is 21.3 Å². The molecule has 0 aromatic rings. The van der Waals surface area contributed by atoms with Crippen molar-refractivity contribution in [2.45, 2.75) is 180 Å². The summed E-state index contributed by atoms with van der Waals surface area (Å²) in [7, 11) is 0. The first-order valence-corrected chi connectivity index (χ1v) is 17.9. The van der Waals surface area contributed by atoms with Gasteiger partial charge < -0.3 is 65.0 Å².